The summed E-state index contributed by atoms with van der Waals surface area (Å²) in [6.07, 6.45) is 4.14. The third kappa shape index (κ3) is 6.42. The first-order valence-corrected chi connectivity index (χ1v) is 8.26. The molecule has 23 heavy (non-hydrogen) atoms. The number of carbonyl (C=O) groups is 1. The molecule has 0 fully saturated rings. The average molecular weight is 377 g/mol. The van der Waals surface area contributed by atoms with E-state index in [1.807, 2.05) is 0 Å². The van der Waals surface area contributed by atoms with E-state index in [4.69, 9.17) is 4.42 Å². The molecule has 1 N–H and O–H groups in total. The molecule has 1 heterocycles. The number of nitrogens with one attached hydrogen (secondary N) is 1. The van der Waals surface area contributed by atoms with E-state index in [1.54, 1.807) is 18.2 Å². The Kier molecular flexibility index (Phi) is 6.62. The number of hydrogen-bond acceptors (Lipinski definition) is 3. The van der Waals surface area contributed by atoms with Gasteiger partial charge in [0.25, 0.3) is 0 Å². The van der Waals surface area contributed by atoms with E-state index < -0.39 is 0 Å². The van der Waals surface area contributed by atoms with Crippen LogP contribution in [-0.4, -0.2) is 31.4 Å². The lowest BCUT2D eigenvalue weighted by Crippen LogP contribution is -2.20. The zero-order valence-corrected chi connectivity index (χ0v) is 15.0. The van der Waals surface area contributed by atoms with Crippen LogP contribution < -0.4 is 5.32 Å². The summed E-state index contributed by atoms with van der Waals surface area (Å²) in [7, 11) is 4.14. The molecule has 0 saturated carbocycles. The van der Waals surface area contributed by atoms with Crippen molar-refractivity contribution in [3.05, 3.63) is 64.0 Å². The Morgan fingerprint density at radius 3 is 2.48 bits per heavy atom. The Bertz CT molecular complexity index is 660. The molecule has 1 amide bonds. The van der Waals surface area contributed by atoms with Gasteiger partial charge < -0.3 is 14.6 Å². The van der Waals surface area contributed by atoms with Gasteiger partial charge in [-0.15, -0.1) is 0 Å². The Hall–Kier alpha value is -1.85. The largest absolute Gasteiger partial charge is 0.450 e. The molecule has 0 radical (unpaired) electrons. The SMILES string of the molecule is CN(C)CCc1ccc(CNC(=O)/C=C/c2ccc(Br)o2)cc1. The predicted octanol–water partition coefficient (Wildman–Crippen LogP) is 3.48. The lowest BCUT2D eigenvalue weighted by Gasteiger charge is -2.09. The maximum atomic E-state index is 11.8. The van der Waals surface area contributed by atoms with Crippen LogP contribution in [0.1, 0.15) is 16.9 Å². The number of hydrogen-bond donors (Lipinski definition) is 1. The average Bonchev–Trinajstić information content (AvgIpc) is 2.95. The van der Waals surface area contributed by atoms with Gasteiger partial charge in [-0.05, 0) is 65.8 Å². The molecule has 2 aromatic rings. The minimum absolute atomic E-state index is 0.144. The first-order chi connectivity index (χ1) is 11.0. The smallest absolute Gasteiger partial charge is 0.244 e. The molecule has 0 bridgehead atoms. The number of halogens is 1. The monoisotopic (exact) mass is 376 g/mol. The van der Waals surface area contributed by atoms with Crippen LogP contribution in [0.15, 0.2) is 51.6 Å². The molecule has 0 unspecified atom stereocenters. The number of amides is 1. The minimum atomic E-state index is -0.144. The van der Waals surface area contributed by atoms with Gasteiger partial charge in [0.15, 0.2) is 4.67 Å². The summed E-state index contributed by atoms with van der Waals surface area (Å²) >= 11 is 3.22. The van der Waals surface area contributed by atoms with Crippen LogP contribution in [0.25, 0.3) is 6.08 Å². The molecule has 5 heteroatoms. The predicted molar refractivity (Wildman–Crippen MR) is 96.0 cm³/mol. The molecule has 0 spiro atoms. The van der Waals surface area contributed by atoms with Gasteiger partial charge >= 0.3 is 0 Å². The van der Waals surface area contributed by atoms with Crippen molar-refractivity contribution < 1.29 is 9.21 Å². The normalized spacial score (nSPS) is 11.3. The summed E-state index contributed by atoms with van der Waals surface area (Å²) in [5.41, 5.74) is 2.39. The van der Waals surface area contributed by atoms with Crippen molar-refractivity contribution in [3.8, 4) is 0 Å². The van der Waals surface area contributed by atoms with Crippen molar-refractivity contribution in [1.29, 1.82) is 0 Å². The Labute approximate surface area is 145 Å². The zero-order valence-electron chi connectivity index (χ0n) is 13.4. The summed E-state index contributed by atoms with van der Waals surface area (Å²) in [6.45, 7) is 1.54. The van der Waals surface area contributed by atoms with E-state index in [9.17, 15) is 4.79 Å². The third-order valence-corrected chi connectivity index (χ3v) is 3.76. The summed E-state index contributed by atoms with van der Waals surface area (Å²) < 4.78 is 5.94. The first-order valence-electron chi connectivity index (χ1n) is 7.47. The van der Waals surface area contributed by atoms with E-state index >= 15 is 0 Å². The molecule has 0 atom stereocenters. The summed E-state index contributed by atoms with van der Waals surface area (Å²) in [6, 6.07) is 11.9. The number of carbonyl (C=O) groups excluding carboxylic acids is 1. The zero-order chi connectivity index (χ0) is 16.7. The summed E-state index contributed by atoms with van der Waals surface area (Å²) in [5.74, 6) is 0.492. The topological polar surface area (TPSA) is 45.5 Å². The van der Waals surface area contributed by atoms with Crippen molar-refractivity contribution in [2.24, 2.45) is 0 Å². The fraction of sp³-hybridized carbons (Fsp3) is 0.278. The second-order valence-corrected chi connectivity index (χ2v) is 6.34. The van der Waals surface area contributed by atoms with E-state index in [0.717, 1.165) is 18.5 Å². The number of furan rings is 1. The first kappa shape index (κ1) is 17.5. The molecule has 1 aromatic carbocycles. The molecular weight excluding hydrogens is 356 g/mol. The van der Waals surface area contributed by atoms with Crippen LogP contribution in [0.3, 0.4) is 0 Å². The van der Waals surface area contributed by atoms with Gasteiger partial charge in [-0.25, -0.2) is 0 Å². The molecule has 0 aliphatic carbocycles. The molecule has 0 saturated heterocycles. The second-order valence-electron chi connectivity index (χ2n) is 5.56. The van der Waals surface area contributed by atoms with Crippen LogP contribution in [-0.2, 0) is 17.8 Å². The summed E-state index contributed by atoms with van der Waals surface area (Å²) in [5, 5.41) is 2.86. The minimum Gasteiger partial charge on any atom is -0.450 e. The molecular formula is C18H21BrN2O2. The van der Waals surface area contributed by atoms with Crippen LogP contribution >= 0.6 is 15.9 Å². The van der Waals surface area contributed by atoms with Crippen LogP contribution in [0.2, 0.25) is 0 Å². The lowest BCUT2D eigenvalue weighted by molar-refractivity contribution is -0.116. The van der Waals surface area contributed by atoms with Gasteiger partial charge in [0.1, 0.15) is 5.76 Å². The second kappa shape index (κ2) is 8.70. The maximum absolute atomic E-state index is 11.8. The Morgan fingerprint density at radius 2 is 1.87 bits per heavy atom. The number of nitrogens with zero attached hydrogens (tertiary/aromatic N) is 1. The standard InChI is InChI=1S/C18H21BrN2O2/c1-21(2)12-11-14-3-5-15(6-4-14)13-20-18(22)10-8-16-7-9-17(19)23-16/h3-10H,11-13H2,1-2H3,(H,20,22)/b10-8+. The molecule has 1 aromatic heterocycles. The number of likely N-dealkylation sites (N-methyl/N-ethyl adjacent to an activating group) is 1. The van der Waals surface area contributed by atoms with Gasteiger partial charge in [-0.1, -0.05) is 24.3 Å². The van der Waals surface area contributed by atoms with E-state index in [2.05, 4.69) is 64.5 Å². The van der Waals surface area contributed by atoms with Crippen LogP contribution in [0.4, 0.5) is 0 Å². The van der Waals surface area contributed by atoms with Gasteiger partial charge in [-0.3, -0.25) is 4.79 Å². The van der Waals surface area contributed by atoms with Gasteiger partial charge in [-0.2, -0.15) is 0 Å². The number of rotatable bonds is 7. The van der Waals surface area contributed by atoms with Crippen LogP contribution in [0, 0.1) is 0 Å². The van der Waals surface area contributed by atoms with Crippen molar-refractivity contribution in [1.82, 2.24) is 10.2 Å². The fourth-order valence-electron chi connectivity index (χ4n) is 2.00. The highest BCUT2D eigenvalue weighted by Gasteiger charge is 2.00. The summed E-state index contributed by atoms with van der Waals surface area (Å²) in [4.78, 5) is 13.9. The molecule has 0 aliphatic rings. The van der Waals surface area contributed by atoms with Gasteiger partial charge in [0.05, 0.1) is 0 Å². The van der Waals surface area contributed by atoms with Crippen molar-refractivity contribution in [2.45, 2.75) is 13.0 Å². The van der Waals surface area contributed by atoms with Crippen LogP contribution in [0.5, 0.6) is 0 Å². The lowest BCUT2D eigenvalue weighted by atomic mass is 10.1. The highest BCUT2D eigenvalue weighted by atomic mass is 79.9. The van der Waals surface area contributed by atoms with E-state index in [1.165, 1.54) is 11.6 Å². The fourth-order valence-corrected chi connectivity index (χ4v) is 2.32. The highest BCUT2D eigenvalue weighted by Crippen LogP contribution is 2.14. The van der Waals surface area contributed by atoms with E-state index in [0.29, 0.717) is 17.0 Å². The van der Waals surface area contributed by atoms with Gasteiger partial charge in [0, 0.05) is 19.2 Å². The maximum Gasteiger partial charge on any atom is 0.244 e. The van der Waals surface area contributed by atoms with Crippen molar-refractivity contribution in [3.63, 3.8) is 0 Å². The molecule has 2 rings (SSSR count). The Balaban J connectivity index is 1.78. The number of benzene rings is 1. The third-order valence-electron chi connectivity index (χ3n) is 3.33. The highest BCUT2D eigenvalue weighted by molar-refractivity contribution is 9.10. The van der Waals surface area contributed by atoms with Crippen molar-refractivity contribution in [2.75, 3.05) is 20.6 Å². The molecule has 0 aliphatic heterocycles. The van der Waals surface area contributed by atoms with E-state index in [-0.39, 0.29) is 5.91 Å². The van der Waals surface area contributed by atoms with Crippen molar-refractivity contribution >= 4 is 27.9 Å². The Morgan fingerprint density at radius 1 is 1.17 bits per heavy atom. The molecule has 4 nitrogen and oxygen atoms in total. The molecule has 122 valence electrons. The van der Waals surface area contributed by atoms with Gasteiger partial charge in [0.2, 0.25) is 5.91 Å². The quantitative estimate of drug-likeness (QED) is 0.752.